The highest BCUT2D eigenvalue weighted by molar-refractivity contribution is 6.43. The quantitative estimate of drug-likeness (QED) is 0.529. The first kappa shape index (κ1) is 15.1. The molecule has 2 rings (SSSR count). The van der Waals surface area contributed by atoms with E-state index in [9.17, 15) is 19.3 Å². The van der Waals surface area contributed by atoms with E-state index in [1.165, 1.54) is 0 Å². The molecule has 21 heavy (non-hydrogen) atoms. The van der Waals surface area contributed by atoms with Gasteiger partial charge in [0.25, 0.3) is 11.6 Å². The monoisotopic (exact) mass is 330 g/mol. The van der Waals surface area contributed by atoms with Crippen LogP contribution in [0.3, 0.4) is 0 Å². The van der Waals surface area contributed by atoms with Gasteiger partial charge in [-0.2, -0.15) is 0 Å². The van der Waals surface area contributed by atoms with Crippen LogP contribution in [0.1, 0.15) is 10.4 Å². The Hall–Kier alpha value is -2.32. The fraction of sp³-hybridized carbons (Fsp3) is 0. The Balaban J connectivity index is 2.39. The summed E-state index contributed by atoms with van der Waals surface area (Å²) in [5.74, 6) is -1.88. The molecule has 2 aromatic rings. The average molecular weight is 331 g/mol. The molecule has 10 heteroatoms. The van der Waals surface area contributed by atoms with E-state index in [-0.39, 0.29) is 16.0 Å². The van der Waals surface area contributed by atoms with Crippen LogP contribution in [-0.4, -0.2) is 20.8 Å². The van der Waals surface area contributed by atoms with Gasteiger partial charge in [-0.3, -0.25) is 14.9 Å². The number of hydrogen-bond donors (Lipinski definition) is 1. The van der Waals surface area contributed by atoms with Crippen LogP contribution < -0.4 is 5.32 Å². The number of carbonyl (C=O) groups excluding carboxylic acids is 1. The van der Waals surface area contributed by atoms with E-state index in [4.69, 9.17) is 23.2 Å². The van der Waals surface area contributed by atoms with Crippen molar-refractivity contribution < 1.29 is 14.1 Å². The van der Waals surface area contributed by atoms with Crippen LogP contribution in [0.25, 0.3) is 0 Å². The summed E-state index contributed by atoms with van der Waals surface area (Å²) in [6, 6.07) is 2.51. The Bertz CT molecular complexity index is 741. The summed E-state index contributed by atoms with van der Waals surface area (Å²) >= 11 is 11.4. The molecule has 0 aliphatic carbocycles. The lowest BCUT2D eigenvalue weighted by atomic mass is 10.1. The third-order valence-electron chi connectivity index (χ3n) is 2.38. The van der Waals surface area contributed by atoms with Gasteiger partial charge in [0.15, 0.2) is 11.0 Å². The second-order valence-corrected chi connectivity index (χ2v) is 4.44. The smallest absolute Gasteiger partial charge is 0.282 e. The Morgan fingerprint density at radius 3 is 2.71 bits per heavy atom. The van der Waals surface area contributed by atoms with Gasteiger partial charge in [-0.15, -0.1) is 0 Å². The van der Waals surface area contributed by atoms with Crippen LogP contribution in [0.2, 0.25) is 10.2 Å². The number of aromatic nitrogens is 2. The second kappa shape index (κ2) is 5.98. The molecule has 0 fully saturated rings. The Morgan fingerprint density at radius 2 is 2.05 bits per heavy atom. The lowest BCUT2D eigenvalue weighted by Gasteiger charge is -2.07. The number of nitrogens with zero attached hydrogens (tertiary/aromatic N) is 3. The van der Waals surface area contributed by atoms with Crippen molar-refractivity contribution in [2.75, 3.05) is 5.32 Å². The van der Waals surface area contributed by atoms with Crippen molar-refractivity contribution in [3.8, 4) is 0 Å². The van der Waals surface area contributed by atoms with E-state index in [0.29, 0.717) is 0 Å². The summed E-state index contributed by atoms with van der Waals surface area (Å²) in [5.41, 5.74) is -1.02. The lowest BCUT2D eigenvalue weighted by molar-refractivity contribution is -0.385. The fourth-order valence-corrected chi connectivity index (χ4v) is 1.74. The molecule has 0 bridgehead atoms. The van der Waals surface area contributed by atoms with E-state index < -0.39 is 27.9 Å². The van der Waals surface area contributed by atoms with Gasteiger partial charge in [0.05, 0.1) is 4.92 Å². The number of rotatable bonds is 3. The average Bonchev–Trinajstić information content (AvgIpc) is 2.43. The number of anilines is 1. The van der Waals surface area contributed by atoms with Crippen LogP contribution in [-0.2, 0) is 0 Å². The largest absolute Gasteiger partial charge is 0.305 e. The lowest BCUT2D eigenvalue weighted by Crippen LogP contribution is -2.15. The highest BCUT2D eigenvalue weighted by Gasteiger charge is 2.22. The number of nitrogens with one attached hydrogen (secondary N) is 1. The van der Waals surface area contributed by atoms with E-state index in [1.54, 1.807) is 0 Å². The first-order valence-electron chi connectivity index (χ1n) is 5.31. The van der Waals surface area contributed by atoms with Crippen LogP contribution >= 0.6 is 23.2 Å². The summed E-state index contributed by atoms with van der Waals surface area (Å²) in [7, 11) is 0. The van der Waals surface area contributed by atoms with Gasteiger partial charge in [0, 0.05) is 6.07 Å². The van der Waals surface area contributed by atoms with Gasteiger partial charge in [-0.05, 0) is 12.1 Å². The third kappa shape index (κ3) is 3.23. The molecule has 0 radical (unpaired) electrons. The summed E-state index contributed by atoms with van der Waals surface area (Å²) < 4.78 is 13.2. The molecule has 1 N–H and O–H groups in total. The van der Waals surface area contributed by atoms with Crippen LogP contribution in [0.15, 0.2) is 24.5 Å². The number of benzene rings is 1. The van der Waals surface area contributed by atoms with E-state index in [1.807, 2.05) is 0 Å². The Labute approximate surface area is 126 Å². The van der Waals surface area contributed by atoms with E-state index >= 15 is 0 Å². The summed E-state index contributed by atoms with van der Waals surface area (Å²) in [6.45, 7) is 0. The number of nitro groups is 1. The van der Waals surface area contributed by atoms with E-state index in [0.717, 1.165) is 24.5 Å². The van der Waals surface area contributed by atoms with Crippen molar-refractivity contribution in [2.45, 2.75) is 0 Å². The highest BCUT2D eigenvalue weighted by Crippen LogP contribution is 2.27. The van der Waals surface area contributed by atoms with Gasteiger partial charge >= 0.3 is 0 Å². The zero-order valence-corrected chi connectivity index (χ0v) is 11.5. The molecule has 108 valence electrons. The molecule has 1 heterocycles. The summed E-state index contributed by atoms with van der Waals surface area (Å²) in [5, 5.41) is 12.8. The number of halogens is 3. The van der Waals surface area contributed by atoms with Crippen LogP contribution in [0.4, 0.5) is 15.9 Å². The molecular formula is C11H5Cl2FN4O3. The van der Waals surface area contributed by atoms with Crippen molar-refractivity contribution in [1.82, 2.24) is 9.97 Å². The second-order valence-electron chi connectivity index (χ2n) is 3.70. The zero-order valence-electron chi connectivity index (χ0n) is 10.0. The minimum absolute atomic E-state index is 0.101. The van der Waals surface area contributed by atoms with Crippen molar-refractivity contribution in [2.24, 2.45) is 0 Å². The molecule has 1 aromatic heterocycles. The maximum atomic E-state index is 13.2. The molecular weight excluding hydrogens is 326 g/mol. The molecule has 0 aliphatic rings. The van der Waals surface area contributed by atoms with E-state index in [2.05, 4.69) is 15.3 Å². The topological polar surface area (TPSA) is 98.0 Å². The van der Waals surface area contributed by atoms with Crippen LogP contribution in [0.5, 0.6) is 0 Å². The van der Waals surface area contributed by atoms with Crippen LogP contribution in [0, 0.1) is 15.9 Å². The Kier molecular flexibility index (Phi) is 4.29. The predicted molar refractivity (Wildman–Crippen MR) is 73.1 cm³/mol. The van der Waals surface area contributed by atoms with Crippen molar-refractivity contribution >= 4 is 40.6 Å². The molecule has 0 saturated carbocycles. The first-order valence-corrected chi connectivity index (χ1v) is 6.07. The minimum atomic E-state index is -0.946. The molecule has 7 nitrogen and oxygen atoms in total. The highest BCUT2D eigenvalue weighted by atomic mass is 35.5. The Morgan fingerprint density at radius 1 is 1.33 bits per heavy atom. The van der Waals surface area contributed by atoms with Gasteiger partial charge < -0.3 is 5.32 Å². The first-order chi connectivity index (χ1) is 9.90. The van der Waals surface area contributed by atoms with Crippen molar-refractivity contribution in [3.05, 3.63) is 56.2 Å². The minimum Gasteiger partial charge on any atom is -0.305 e. The summed E-state index contributed by atoms with van der Waals surface area (Å²) in [6.07, 6.45) is 1.05. The number of amides is 1. The van der Waals surface area contributed by atoms with Gasteiger partial charge in [0.2, 0.25) is 0 Å². The van der Waals surface area contributed by atoms with Crippen molar-refractivity contribution in [1.29, 1.82) is 0 Å². The molecule has 0 unspecified atom stereocenters. The maximum absolute atomic E-state index is 13.2. The fourth-order valence-electron chi connectivity index (χ4n) is 1.46. The van der Waals surface area contributed by atoms with Gasteiger partial charge in [-0.25, -0.2) is 14.4 Å². The van der Waals surface area contributed by atoms with Gasteiger partial charge in [0.1, 0.15) is 22.7 Å². The molecule has 1 aromatic carbocycles. The summed E-state index contributed by atoms with van der Waals surface area (Å²) in [4.78, 5) is 29.3. The molecule has 0 aliphatic heterocycles. The molecule has 0 spiro atoms. The standard InChI is InChI=1S/C11H5Cl2FN4O3/c12-8-9(13)15-4-16-10(8)17-11(19)6-3-5(14)1-2-7(6)18(20)21/h1-4H,(H,15,16,17,19). The maximum Gasteiger partial charge on any atom is 0.282 e. The SMILES string of the molecule is O=C(Nc1ncnc(Cl)c1Cl)c1cc(F)ccc1[N+](=O)[O-]. The zero-order chi connectivity index (χ0) is 15.6. The van der Waals surface area contributed by atoms with Gasteiger partial charge in [-0.1, -0.05) is 23.2 Å². The third-order valence-corrected chi connectivity index (χ3v) is 3.12. The number of nitro benzene ring substituents is 1. The molecule has 0 atom stereocenters. The molecule has 1 amide bonds. The normalized spacial score (nSPS) is 10.2. The number of carbonyl (C=O) groups is 1. The number of hydrogen-bond acceptors (Lipinski definition) is 5. The van der Waals surface area contributed by atoms with Crippen molar-refractivity contribution in [3.63, 3.8) is 0 Å². The predicted octanol–water partition coefficient (Wildman–Crippen LogP) is 3.08. The molecule has 0 saturated heterocycles.